The molecule has 1 heterocycles. The van der Waals surface area contributed by atoms with Gasteiger partial charge in [0, 0.05) is 16.3 Å². The number of nitrogens with zero attached hydrogens (tertiary/aromatic N) is 1. The van der Waals surface area contributed by atoms with E-state index >= 15 is 0 Å². The lowest BCUT2D eigenvalue weighted by Gasteiger charge is -2.14. The SMILES string of the molecule is COc1cc(/C=C2\SC(=O)N(Cc3c(F)cccc3Cl)C2=O)ccc1OCC(=O)Nc1cccc(C)c1. The molecule has 190 valence electrons. The topological polar surface area (TPSA) is 84.9 Å². The number of hydrogen-bond acceptors (Lipinski definition) is 6. The van der Waals surface area contributed by atoms with Crippen molar-refractivity contribution in [2.24, 2.45) is 0 Å². The third-order valence-corrected chi connectivity index (χ3v) is 6.66. The lowest BCUT2D eigenvalue weighted by Crippen LogP contribution is -2.28. The highest BCUT2D eigenvalue weighted by Gasteiger charge is 2.36. The van der Waals surface area contributed by atoms with Crippen LogP contribution in [0.25, 0.3) is 6.08 Å². The van der Waals surface area contributed by atoms with Gasteiger partial charge in [0.1, 0.15) is 5.82 Å². The molecule has 3 amide bonds. The van der Waals surface area contributed by atoms with Crippen LogP contribution >= 0.6 is 23.4 Å². The van der Waals surface area contributed by atoms with E-state index in [2.05, 4.69) is 5.32 Å². The first-order valence-electron chi connectivity index (χ1n) is 11.1. The fourth-order valence-electron chi connectivity index (χ4n) is 3.59. The molecule has 1 N–H and O–H groups in total. The lowest BCUT2D eigenvalue weighted by molar-refractivity contribution is -0.123. The third kappa shape index (κ3) is 6.31. The summed E-state index contributed by atoms with van der Waals surface area (Å²) in [4.78, 5) is 38.7. The van der Waals surface area contributed by atoms with E-state index in [0.29, 0.717) is 22.7 Å². The van der Waals surface area contributed by atoms with Crippen molar-refractivity contribution in [2.75, 3.05) is 19.0 Å². The van der Waals surface area contributed by atoms with Gasteiger partial charge in [-0.15, -0.1) is 0 Å². The van der Waals surface area contributed by atoms with Gasteiger partial charge >= 0.3 is 0 Å². The summed E-state index contributed by atoms with van der Waals surface area (Å²) in [6, 6.07) is 16.5. The Labute approximate surface area is 222 Å². The van der Waals surface area contributed by atoms with E-state index in [1.165, 1.54) is 31.4 Å². The van der Waals surface area contributed by atoms with E-state index in [-0.39, 0.29) is 34.6 Å². The maximum absolute atomic E-state index is 14.2. The number of thioether (sulfide) groups is 1. The minimum atomic E-state index is -0.594. The standard InChI is InChI=1S/C27H22ClFN2O5S/c1-16-5-3-6-18(11-16)30-25(32)15-36-22-10-9-17(12-23(22)35-2)13-24-26(33)31(27(34)37-24)14-19-20(28)7-4-8-21(19)29/h3-13H,14-15H2,1-2H3,(H,30,32)/b24-13-. The summed E-state index contributed by atoms with van der Waals surface area (Å²) in [5.41, 5.74) is 2.33. The van der Waals surface area contributed by atoms with Crippen LogP contribution in [0.3, 0.4) is 0 Å². The molecule has 1 aliphatic heterocycles. The summed E-state index contributed by atoms with van der Waals surface area (Å²) in [6.45, 7) is 1.42. The number of hydrogen-bond donors (Lipinski definition) is 1. The summed E-state index contributed by atoms with van der Waals surface area (Å²) in [5, 5.41) is 2.37. The zero-order valence-corrected chi connectivity index (χ0v) is 21.5. The Morgan fingerprint density at radius 1 is 1.11 bits per heavy atom. The van der Waals surface area contributed by atoms with Crippen molar-refractivity contribution < 1.29 is 28.2 Å². The molecule has 0 radical (unpaired) electrons. The van der Waals surface area contributed by atoms with Gasteiger partial charge in [0.05, 0.1) is 18.6 Å². The maximum atomic E-state index is 14.2. The lowest BCUT2D eigenvalue weighted by atomic mass is 10.1. The van der Waals surface area contributed by atoms with Crippen LogP contribution in [-0.4, -0.2) is 35.7 Å². The van der Waals surface area contributed by atoms with Crippen molar-refractivity contribution in [1.29, 1.82) is 0 Å². The molecular weight excluding hydrogens is 519 g/mol. The van der Waals surface area contributed by atoms with Gasteiger partial charge in [0.15, 0.2) is 18.1 Å². The van der Waals surface area contributed by atoms with Crippen LogP contribution in [0.2, 0.25) is 5.02 Å². The van der Waals surface area contributed by atoms with E-state index in [1.807, 2.05) is 25.1 Å². The number of carbonyl (C=O) groups excluding carboxylic acids is 3. The number of anilines is 1. The fraction of sp³-hybridized carbons (Fsp3) is 0.148. The Hall–Kier alpha value is -3.82. The summed E-state index contributed by atoms with van der Waals surface area (Å²) >= 11 is 6.80. The number of aryl methyl sites for hydroxylation is 1. The van der Waals surface area contributed by atoms with Crippen LogP contribution < -0.4 is 14.8 Å². The second kappa shape index (κ2) is 11.5. The molecule has 1 saturated heterocycles. The highest BCUT2D eigenvalue weighted by molar-refractivity contribution is 8.18. The first-order chi connectivity index (χ1) is 17.7. The summed E-state index contributed by atoms with van der Waals surface area (Å²) in [5.74, 6) is -0.805. The second-order valence-electron chi connectivity index (χ2n) is 8.08. The van der Waals surface area contributed by atoms with Crippen molar-refractivity contribution in [3.8, 4) is 11.5 Å². The second-order valence-corrected chi connectivity index (χ2v) is 9.49. The van der Waals surface area contributed by atoms with Crippen molar-refractivity contribution in [3.05, 3.63) is 93.1 Å². The Morgan fingerprint density at radius 2 is 1.89 bits per heavy atom. The van der Waals surface area contributed by atoms with Gasteiger partial charge in [0.25, 0.3) is 17.1 Å². The van der Waals surface area contributed by atoms with Gasteiger partial charge in [-0.3, -0.25) is 19.3 Å². The summed E-state index contributed by atoms with van der Waals surface area (Å²) < 4.78 is 25.2. The number of carbonyl (C=O) groups is 3. The zero-order valence-electron chi connectivity index (χ0n) is 19.9. The molecule has 7 nitrogen and oxygen atoms in total. The minimum Gasteiger partial charge on any atom is -0.493 e. The number of nitrogens with one attached hydrogen (secondary N) is 1. The highest BCUT2D eigenvalue weighted by Crippen LogP contribution is 2.36. The Kier molecular flexibility index (Phi) is 8.15. The van der Waals surface area contributed by atoms with Gasteiger partial charge in [-0.25, -0.2) is 4.39 Å². The molecule has 0 saturated carbocycles. The maximum Gasteiger partial charge on any atom is 0.293 e. The van der Waals surface area contributed by atoms with Crippen molar-refractivity contribution in [1.82, 2.24) is 4.90 Å². The van der Waals surface area contributed by atoms with Crippen LogP contribution in [0.1, 0.15) is 16.7 Å². The van der Waals surface area contributed by atoms with Crippen LogP contribution in [0.4, 0.5) is 14.9 Å². The molecule has 0 bridgehead atoms. The Morgan fingerprint density at radius 3 is 2.62 bits per heavy atom. The van der Waals surface area contributed by atoms with E-state index < -0.39 is 17.0 Å². The summed E-state index contributed by atoms with van der Waals surface area (Å²) in [6.07, 6.45) is 1.53. The quantitative estimate of drug-likeness (QED) is 0.350. The molecule has 10 heteroatoms. The number of amides is 3. The minimum absolute atomic E-state index is 0.0716. The number of rotatable bonds is 8. The molecule has 3 aromatic carbocycles. The number of imide groups is 1. The van der Waals surface area contributed by atoms with Gasteiger partial charge in [-0.05, 0) is 72.3 Å². The molecule has 3 aromatic rings. The Bertz CT molecular complexity index is 1390. The normalized spacial score (nSPS) is 14.3. The monoisotopic (exact) mass is 540 g/mol. The fourth-order valence-corrected chi connectivity index (χ4v) is 4.65. The van der Waals surface area contributed by atoms with Gasteiger partial charge in [-0.1, -0.05) is 35.9 Å². The first kappa shape index (κ1) is 26.2. The van der Waals surface area contributed by atoms with Crippen LogP contribution in [0.5, 0.6) is 11.5 Å². The molecule has 1 aliphatic rings. The van der Waals surface area contributed by atoms with Crippen LogP contribution in [-0.2, 0) is 16.1 Å². The molecule has 0 aliphatic carbocycles. The van der Waals surface area contributed by atoms with E-state index in [1.54, 1.807) is 24.3 Å². The zero-order chi connectivity index (χ0) is 26.5. The van der Waals surface area contributed by atoms with Crippen molar-refractivity contribution in [2.45, 2.75) is 13.5 Å². The smallest absolute Gasteiger partial charge is 0.293 e. The Balaban J connectivity index is 1.44. The molecular formula is C27H22ClFN2O5S. The van der Waals surface area contributed by atoms with Gasteiger partial charge in [-0.2, -0.15) is 0 Å². The molecule has 37 heavy (non-hydrogen) atoms. The molecule has 0 unspecified atom stereocenters. The molecule has 1 fully saturated rings. The highest BCUT2D eigenvalue weighted by atomic mass is 35.5. The largest absolute Gasteiger partial charge is 0.493 e. The first-order valence-corrected chi connectivity index (χ1v) is 12.3. The predicted octanol–water partition coefficient (Wildman–Crippen LogP) is 6.05. The average molecular weight is 541 g/mol. The number of halogens is 2. The average Bonchev–Trinajstić information content (AvgIpc) is 3.12. The number of methoxy groups -OCH3 is 1. The van der Waals surface area contributed by atoms with Crippen LogP contribution in [0.15, 0.2) is 65.6 Å². The summed E-state index contributed by atoms with van der Waals surface area (Å²) in [7, 11) is 1.45. The van der Waals surface area contributed by atoms with Gasteiger partial charge < -0.3 is 14.8 Å². The molecule has 0 aromatic heterocycles. The predicted molar refractivity (Wildman–Crippen MR) is 141 cm³/mol. The number of benzene rings is 3. The third-order valence-electron chi connectivity index (χ3n) is 5.40. The van der Waals surface area contributed by atoms with Crippen LogP contribution in [0, 0.1) is 12.7 Å². The van der Waals surface area contributed by atoms with Crippen molar-refractivity contribution >= 4 is 52.2 Å². The molecule has 0 spiro atoms. The number of ether oxygens (including phenoxy) is 2. The van der Waals surface area contributed by atoms with E-state index in [0.717, 1.165) is 22.2 Å². The van der Waals surface area contributed by atoms with E-state index in [9.17, 15) is 18.8 Å². The van der Waals surface area contributed by atoms with Crippen molar-refractivity contribution in [3.63, 3.8) is 0 Å². The van der Waals surface area contributed by atoms with Gasteiger partial charge in [0.2, 0.25) is 0 Å². The molecule has 0 atom stereocenters. The molecule has 4 rings (SSSR count). The van der Waals surface area contributed by atoms with E-state index in [4.69, 9.17) is 21.1 Å².